The van der Waals surface area contributed by atoms with E-state index in [9.17, 15) is 37.5 Å². The number of carboxylic acid groups (broad SMARTS) is 1. The average molecular weight is 368 g/mol. The molecule has 0 saturated carbocycles. The van der Waals surface area contributed by atoms with Gasteiger partial charge in [-0.25, -0.2) is 4.79 Å². The number of thioether (sulfide) groups is 1. The summed E-state index contributed by atoms with van der Waals surface area (Å²) in [4.78, 5) is 45.9. The quantitative estimate of drug-likeness (QED) is 0.524. The lowest BCUT2D eigenvalue weighted by Gasteiger charge is -2.49. The maximum atomic E-state index is 12.3. The predicted molar refractivity (Wildman–Crippen MR) is 72.4 cm³/mol. The van der Waals surface area contributed by atoms with Gasteiger partial charge in [0.2, 0.25) is 0 Å². The molecule has 2 atom stereocenters. The Labute approximate surface area is 137 Å². The molecule has 0 aromatic heterocycles. The fraction of sp³-hybridized carbons (Fsp3) is 0.500. The lowest BCUT2D eigenvalue weighted by Crippen LogP contribution is -2.71. The number of aliphatic carboxylic acids is 1. The molecule has 0 bridgehead atoms. The molecule has 0 spiro atoms. The fourth-order valence-electron chi connectivity index (χ4n) is 2.21. The van der Waals surface area contributed by atoms with Crippen molar-refractivity contribution in [3.8, 4) is 0 Å². The number of amides is 2. The zero-order chi connectivity index (χ0) is 18.2. The van der Waals surface area contributed by atoms with Gasteiger partial charge in [-0.3, -0.25) is 19.3 Å². The first-order valence-corrected chi connectivity index (χ1v) is 7.50. The third kappa shape index (κ3) is 3.32. The van der Waals surface area contributed by atoms with Crippen molar-refractivity contribution in [1.29, 1.82) is 0 Å². The molecule has 2 heterocycles. The number of hydrogen-bond acceptors (Lipinski definition) is 6. The Morgan fingerprint density at radius 3 is 2.54 bits per heavy atom. The molecule has 0 aliphatic carbocycles. The Bertz CT molecular complexity index is 647. The summed E-state index contributed by atoms with van der Waals surface area (Å²) in [6, 6.07) is -1.46. The molecular formula is C12H11F3N2O6S. The number of carbonyl (C=O) groups is 4. The van der Waals surface area contributed by atoms with Crippen LogP contribution in [0.4, 0.5) is 13.2 Å². The molecule has 132 valence electrons. The van der Waals surface area contributed by atoms with Crippen LogP contribution in [0.1, 0.15) is 6.92 Å². The van der Waals surface area contributed by atoms with Crippen LogP contribution in [0.3, 0.4) is 0 Å². The number of halogens is 3. The second-order valence-electron chi connectivity index (χ2n) is 4.90. The Balaban J connectivity index is 2.18. The van der Waals surface area contributed by atoms with E-state index in [4.69, 9.17) is 4.74 Å². The summed E-state index contributed by atoms with van der Waals surface area (Å²) in [5.74, 6) is -5.34. The van der Waals surface area contributed by atoms with Crippen LogP contribution < -0.4 is 5.32 Å². The molecule has 2 N–H and O–H groups in total. The zero-order valence-electron chi connectivity index (χ0n) is 12.0. The number of β-lactam (4-membered cyclic amide) rings is 1. The molecule has 1 saturated heterocycles. The SMILES string of the molecule is CC(=O)OCC1=C(C(=O)O)N2C(=O)[C@@H](NC(=O)C(F)(F)F)C2SC1. The van der Waals surface area contributed by atoms with Crippen molar-refractivity contribution in [1.82, 2.24) is 10.2 Å². The van der Waals surface area contributed by atoms with E-state index in [-0.39, 0.29) is 17.9 Å². The molecule has 2 rings (SSSR count). The highest BCUT2D eigenvalue weighted by Gasteiger charge is 2.56. The third-order valence-electron chi connectivity index (χ3n) is 3.24. The summed E-state index contributed by atoms with van der Waals surface area (Å²) in [5.41, 5.74) is -0.296. The van der Waals surface area contributed by atoms with Crippen LogP contribution in [-0.4, -0.2) is 63.7 Å². The second kappa shape index (κ2) is 6.34. The largest absolute Gasteiger partial charge is 0.477 e. The van der Waals surface area contributed by atoms with Crippen LogP contribution in [0.2, 0.25) is 0 Å². The van der Waals surface area contributed by atoms with Crippen LogP contribution in [0.5, 0.6) is 0 Å². The van der Waals surface area contributed by atoms with Gasteiger partial charge >= 0.3 is 24.0 Å². The van der Waals surface area contributed by atoms with Crippen molar-refractivity contribution < 1.29 is 42.2 Å². The first-order chi connectivity index (χ1) is 11.0. The fourth-order valence-corrected chi connectivity index (χ4v) is 3.53. The third-order valence-corrected chi connectivity index (χ3v) is 4.58. The van der Waals surface area contributed by atoms with Gasteiger partial charge in [0.15, 0.2) is 0 Å². The van der Waals surface area contributed by atoms with Crippen LogP contribution >= 0.6 is 11.8 Å². The molecule has 0 aromatic carbocycles. The highest BCUT2D eigenvalue weighted by atomic mass is 32.2. The van der Waals surface area contributed by atoms with E-state index < -0.39 is 47.0 Å². The smallest absolute Gasteiger partial charge is 0.471 e. The van der Waals surface area contributed by atoms with Gasteiger partial charge in [0.05, 0.1) is 0 Å². The van der Waals surface area contributed by atoms with Gasteiger partial charge < -0.3 is 15.2 Å². The van der Waals surface area contributed by atoms with E-state index in [0.29, 0.717) is 0 Å². The van der Waals surface area contributed by atoms with E-state index in [1.165, 1.54) is 0 Å². The van der Waals surface area contributed by atoms with Gasteiger partial charge in [-0.05, 0) is 0 Å². The van der Waals surface area contributed by atoms with E-state index in [1.807, 2.05) is 0 Å². The standard InChI is InChI=1S/C12H11F3N2O6S/c1-4(18)23-2-5-3-24-9-6(16-11(22)12(13,14)15)8(19)17(9)7(5)10(20)21/h6,9H,2-3H2,1H3,(H,16,22)(H,20,21)/t6-,9?/m1/s1. The highest BCUT2D eigenvalue weighted by molar-refractivity contribution is 8.00. The van der Waals surface area contributed by atoms with E-state index >= 15 is 0 Å². The molecule has 24 heavy (non-hydrogen) atoms. The maximum absolute atomic E-state index is 12.3. The summed E-state index contributed by atoms with van der Waals surface area (Å²) in [6.07, 6.45) is -5.15. The zero-order valence-corrected chi connectivity index (χ0v) is 12.9. The molecule has 0 aromatic rings. The van der Waals surface area contributed by atoms with Crippen molar-refractivity contribution in [2.75, 3.05) is 12.4 Å². The van der Waals surface area contributed by atoms with E-state index in [1.54, 1.807) is 5.32 Å². The number of esters is 1. The number of fused-ring (bicyclic) bond motifs is 1. The lowest BCUT2D eigenvalue weighted by atomic mass is 10.0. The topological polar surface area (TPSA) is 113 Å². The number of alkyl halides is 3. The molecule has 2 aliphatic heterocycles. The molecule has 1 unspecified atom stereocenters. The number of hydrogen-bond donors (Lipinski definition) is 2. The molecule has 2 amide bonds. The minimum atomic E-state index is -5.15. The minimum Gasteiger partial charge on any atom is -0.477 e. The second-order valence-corrected chi connectivity index (χ2v) is 6.00. The minimum absolute atomic E-state index is 0.0295. The Morgan fingerprint density at radius 2 is 2.04 bits per heavy atom. The van der Waals surface area contributed by atoms with Crippen molar-refractivity contribution in [3.05, 3.63) is 11.3 Å². The number of carboxylic acids is 1. The summed E-state index contributed by atoms with van der Waals surface area (Å²) >= 11 is 0.969. The summed E-state index contributed by atoms with van der Waals surface area (Å²) in [7, 11) is 0. The van der Waals surface area contributed by atoms with Crippen molar-refractivity contribution in [2.45, 2.75) is 24.5 Å². The number of rotatable bonds is 4. The molecular weight excluding hydrogens is 357 g/mol. The Kier molecular flexibility index (Phi) is 4.78. The first-order valence-electron chi connectivity index (χ1n) is 6.45. The van der Waals surface area contributed by atoms with Gasteiger partial charge in [-0.1, -0.05) is 0 Å². The highest BCUT2D eigenvalue weighted by Crippen LogP contribution is 2.40. The van der Waals surface area contributed by atoms with Gasteiger partial charge in [-0.2, -0.15) is 13.2 Å². The van der Waals surface area contributed by atoms with Gasteiger partial charge in [-0.15, -0.1) is 11.8 Å². The molecule has 0 radical (unpaired) electrons. The summed E-state index contributed by atoms with van der Waals surface area (Å²) in [6.45, 7) is 0.775. The first kappa shape index (κ1) is 18.1. The number of carbonyl (C=O) groups excluding carboxylic acids is 3. The van der Waals surface area contributed by atoms with Crippen molar-refractivity contribution >= 4 is 35.5 Å². The molecule has 1 fully saturated rings. The van der Waals surface area contributed by atoms with E-state index in [0.717, 1.165) is 23.6 Å². The predicted octanol–water partition coefficient (Wildman–Crippen LogP) is -0.150. The summed E-state index contributed by atoms with van der Waals surface area (Å²) in [5, 5.41) is 9.83. The average Bonchev–Trinajstić information content (AvgIpc) is 2.47. The van der Waals surface area contributed by atoms with E-state index in [2.05, 4.69) is 0 Å². The van der Waals surface area contributed by atoms with Crippen LogP contribution in [0.25, 0.3) is 0 Å². The number of ether oxygens (including phenoxy) is 1. The summed E-state index contributed by atoms with van der Waals surface area (Å²) < 4.78 is 41.5. The lowest BCUT2D eigenvalue weighted by molar-refractivity contribution is -0.177. The number of nitrogens with one attached hydrogen (secondary N) is 1. The maximum Gasteiger partial charge on any atom is 0.471 e. The Morgan fingerprint density at radius 1 is 1.42 bits per heavy atom. The molecule has 2 aliphatic rings. The van der Waals surface area contributed by atoms with Gasteiger partial charge in [0.25, 0.3) is 5.91 Å². The van der Waals surface area contributed by atoms with Gasteiger partial charge in [0, 0.05) is 18.2 Å². The number of nitrogens with zero attached hydrogens (tertiary/aromatic N) is 1. The van der Waals surface area contributed by atoms with Crippen LogP contribution in [-0.2, 0) is 23.9 Å². The molecule has 12 heteroatoms. The molecule has 8 nitrogen and oxygen atoms in total. The Hall–Kier alpha value is -2.24. The van der Waals surface area contributed by atoms with Gasteiger partial charge in [0.1, 0.15) is 23.7 Å². The normalized spacial score (nSPS) is 23.3. The van der Waals surface area contributed by atoms with Crippen molar-refractivity contribution in [3.63, 3.8) is 0 Å². The van der Waals surface area contributed by atoms with Crippen LogP contribution in [0, 0.1) is 0 Å². The van der Waals surface area contributed by atoms with Crippen LogP contribution in [0.15, 0.2) is 11.3 Å². The monoisotopic (exact) mass is 368 g/mol. The van der Waals surface area contributed by atoms with Crippen molar-refractivity contribution in [2.24, 2.45) is 0 Å².